The summed E-state index contributed by atoms with van der Waals surface area (Å²) in [5.74, 6) is 0.104. The molecule has 8 nitrogen and oxygen atoms in total. The molecule has 1 aromatic carbocycles. The smallest absolute Gasteiger partial charge is 0.275 e. The SMILES string of the molecule is CCN1C(=O)C(/C(C)=C/C2Oc3ccccc3N2CCCS(=O)(=O)O)OC1=S. The molecule has 2 atom stereocenters. The van der Waals surface area contributed by atoms with Crippen molar-refractivity contribution in [2.24, 2.45) is 0 Å². The van der Waals surface area contributed by atoms with Gasteiger partial charge in [-0.1, -0.05) is 12.1 Å². The highest BCUT2D eigenvalue weighted by Crippen LogP contribution is 2.38. The molecule has 0 saturated carbocycles. The predicted octanol–water partition coefficient (Wildman–Crippen LogP) is 1.97. The maximum Gasteiger partial charge on any atom is 0.275 e. The zero-order valence-electron chi connectivity index (χ0n) is 15.6. The number of fused-ring (bicyclic) bond motifs is 1. The van der Waals surface area contributed by atoms with Crippen molar-refractivity contribution in [2.45, 2.75) is 32.6 Å². The topological polar surface area (TPSA) is 96.4 Å². The summed E-state index contributed by atoms with van der Waals surface area (Å²) in [6.45, 7) is 4.38. The van der Waals surface area contributed by atoms with Gasteiger partial charge in [0.1, 0.15) is 5.75 Å². The van der Waals surface area contributed by atoms with E-state index in [9.17, 15) is 13.2 Å². The molecular formula is C18H22N2O6S2. The van der Waals surface area contributed by atoms with Crippen molar-refractivity contribution < 1.29 is 27.2 Å². The van der Waals surface area contributed by atoms with E-state index < -0.39 is 22.4 Å². The van der Waals surface area contributed by atoms with Crippen LogP contribution >= 0.6 is 12.2 Å². The van der Waals surface area contributed by atoms with Gasteiger partial charge >= 0.3 is 0 Å². The van der Waals surface area contributed by atoms with Crippen LogP contribution in [0.1, 0.15) is 20.3 Å². The molecule has 1 amide bonds. The number of hydrogen-bond acceptors (Lipinski definition) is 7. The summed E-state index contributed by atoms with van der Waals surface area (Å²) in [5.41, 5.74) is 1.47. The number of para-hydroxylation sites is 2. The second kappa shape index (κ2) is 8.06. The number of carbonyl (C=O) groups excluding carboxylic acids is 1. The van der Waals surface area contributed by atoms with Gasteiger partial charge in [0.15, 0.2) is 6.23 Å². The number of likely N-dealkylation sites (N-methyl/N-ethyl adjacent to an activating group) is 1. The molecule has 152 valence electrons. The highest BCUT2D eigenvalue weighted by atomic mass is 32.2. The fraction of sp³-hybridized carbons (Fsp3) is 0.444. The number of carbonyl (C=O) groups is 1. The summed E-state index contributed by atoms with van der Waals surface area (Å²) >= 11 is 5.10. The maximum atomic E-state index is 12.5. The van der Waals surface area contributed by atoms with Crippen LogP contribution in [0.5, 0.6) is 5.75 Å². The summed E-state index contributed by atoms with van der Waals surface area (Å²) < 4.78 is 42.6. The summed E-state index contributed by atoms with van der Waals surface area (Å²) in [4.78, 5) is 15.8. The molecule has 2 heterocycles. The van der Waals surface area contributed by atoms with Crippen LogP contribution in [0.3, 0.4) is 0 Å². The van der Waals surface area contributed by atoms with Crippen molar-refractivity contribution in [1.82, 2.24) is 4.90 Å². The molecule has 0 aliphatic carbocycles. The minimum Gasteiger partial charge on any atom is -0.465 e. The van der Waals surface area contributed by atoms with Gasteiger partial charge in [0, 0.05) is 13.1 Å². The van der Waals surface area contributed by atoms with E-state index in [-0.39, 0.29) is 23.3 Å². The first-order valence-electron chi connectivity index (χ1n) is 8.89. The highest BCUT2D eigenvalue weighted by Gasteiger charge is 2.39. The van der Waals surface area contributed by atoms with Crippen LogP contribution in [0.4, 0.5) is 5.69 Å². The molecular weight excluding hydrogens is 404 g/mol. The van der Waals surface area contributed by atoms with Gasteiger partial charge < -0.3 is 14.4 Å². The first kappa shape index (κ1) is 20.6. The number of ether oxygens (including phenoxy) is 2. The second-order valence-corrected chi connectivity index (χ2v) is 8.49. The first-order chi connectivity index (χ1) is 13.2. The molecule has 1 saturated heterocycles. The maximum absolute atomic E-state index is 12.5. The normalized spacial score (nSPS) is 22.3. The molecule has 10 heteroatoms. The van der Waals surface area contributed by atoms with Gasteiger partial charge in [-0.15, -0.1) is 0 Å². The Morgan fingerprint density at radius 2 is 2.04 bits per heavy atom. The standard InChI is InChI=1S/C18H22N2O6S2/c1-3-19-17(21)16(26-18(19)27)12(2)11-15-20(9-6-10-28(22,23)24)13-7-4-5-8-14(13)25-15/h4-5,7-8,11,15-16H,3,6,9-10H2,1-2H3,(H,22,23,24)/b12-11+. The van der Waals surface area contributed by atoms with Gasteiger partial charge in [0.2, 0.25) is 6.10 Å². The molecule has 0 aromatic heterocycles. The van der Waals surface area contributed by atoms with Gasteiger partial charge in [-0.2, -0.15) is 8.42 Å². The van der Waals surface area contributed by atoms with E-state index in [1.807, 2.05) is 36.1 Å². The van der Waals surface area contributed by atoms with E-state index in [0.29, 0.717) is 24.4 Å². The molecule has 2 aliphatic heterocycles. The number of hydrogen-bond donors (Lipinski definition) is 1. The number of nitrogens with zero attached hydrogens (tertiary/aromatic N) is 2. The Bertz CT molecular complexity index is 914. The lowest BCUT2D eigenvalue weighted by molar-refractivity contribution is -0.128. The van der Waals surface area contributed by atoms with Crippen molar-refractivity contribution in [3.8, 4) is 5.75 Å². The summed E-state index contributed by atoms with van der Waals surface area (Å²) in [6, 6.07) is 7.39. The Hall–Kier alpha value is -2.17. The second-order valence-electron chi connectivity index (χ2n) is 6.57. The summed E-state index contributed by atoms with van der Waals surface area (Å²) in [7, 11) is -4.04. The van der Waals surface area contributed by atoms with Crippen molar-refractivity contribution in [1.29, 1.82) is 0 Å². The van der Waals surface area contributed by atoms with E-state index in [4.69, 9.17) is 26.2 Å². The Morgan fingerprint density at radius 1 is 1.32 bits per heavy atom. The Kier molecular flexibility index (Phi) is 5.92. The van der Waals surface area contributed by atoms with E-state index in [0.717, 1.165) is 5.69 Å². The van der Waals surface area contributed by atoms with Crippen molar-refractivity contribution in [2.75, 3.05) is 23.7 Å². The molecule has 2 unspecified atom stereocenters. The first-order valence-corrected chi connectivity index (χ1v) is 10.9. The molecule has 0 spiro atoms. The Morgan fingerprint density at radius 3 is 2.68 bits per heavy atom. The van der Waals surface area contributed by atoms with Crippen LogP contribution in [0.2, 0.25) is 0 Å². The molecule has 2 aliphatic rings. The number of thiocarbonyl (C=S) groups is 1. The van der Waals surface area contributed by atoms with Crippen molar-refractivity contribution in [3.63, 3.8) is 0 Å². The van der Waals surface area contributed by atoms with Crippen LogP contribution in [-0.2, 0) is 19.6 Å². The molecule has 28 heavy (non-hydrogen) atoms. The summed E-state index contributed by atoms with van der Waals surface area (Å²) in [6.07, 6.45) is 0.684. The molecule has 1 aromatic rings. The quantitative estimate of drug-likeness (QED) is 0.402. The lowest BCUT2D eigenvalue weighted by atomic mass is 10.1. The summed E-state index contributed by atoms with van der Waals surface area (Å²) in [5, 5.41) is 0.158. The Balaban J connectivity index is 1.80. The van der Waals surface area contributed by atoms with E-state index in [2.05, 4.69) is 0 Å². The fourth-order valence-electron chi connectivity index (χ4n) is 3.25. The third-order valence-electron chi connectivity index (χ3n) is 4.60. The average Bonchev–Trinajstić information content (AvgIpc) is 3.11. The highest BCUT2D eigenvalue weighted by molar-refractivity contribution is 7.85. The number of amides is 1. The third kappa shape index (κ3) is 4.29. The minimum absolute atomic E-state index is 0.158. The molecule has 0 bridgehead atoms. The number of rotatable bonds is 7. The fourth-order valence-corrected chi connectivity index (χ4v) is 4.05. The Labute approximate surface area is 169 Å². The van der Waals surface area contributed by atoms with Crippen molar-refractivity contribution in [3.05, 3.63) is 35.9 Å². The lowest BCUT2D eigenvalue weighted by Crippen LogP contribution is -2.36. The van der Waals surface area contributed by atoms with Crippen LogP contribution < -0.4 is 9.64 Å². The van der Waals surface area contributed by atoms with Crippen LogP contribution in [0.15, 0.2) is 35.9 Å². The number of anilines is 1. The van der Waals surface area contributed by atoms with Gasteiger partial charge in [0.05, 0.1) is 11.4 Å². The number of benzene rings is 1. The third-order valence-corrected chi connectivity index (χ3v) is 5.72. The average molecular weight is 427 g/mol. The van der Waals surface area contributed by atoms with Crippen LogP contribution in [0.25, 0.3) is 0 Å². The zero-order chi connectivity index (χ0) is 20.5. The van der Waals surface area contributed by atoms with Crippen molar-refractivity contribution >= 4 is 39.1 Å². The van der Waals surface area contributed by atoms with Crippen LogP contribution in [0, 0.1) is 0 Å². The molecule has 1 fully saturated rings. The van der Waals surface area contributed by atoms with E-state index in [1.165, 1.54) is 4.90 Å². The van der Waals surface area contributed by atoms with Crippen LogP contribution in [-0.4, -0.2) is 60.1 Å². The zero-order valence-corrected chi connectivity index (χ0v) is 17.2. The lowest BCUT2D eigenvalue weighted by Gasteiger charge is -2.24. The van der Waals surface area contributed by atoms with E-state index in [1.54, 1.807) is 13.0 Å². The monoisotopic (exact) mass is 426 g/mol. The molecule has 0 radical (unpaired) electrons. The molecule has 1 N–H and O–H groups in total. The van der Waals surface area contributed by atoms with Gasteiger partial charge in [0.25, 0.3) is 21.2 Å². The van der Waals surface area contributed by atoms with Gasteiger partial charge in [-0.3, -0.25) is 14.2 Å². The van der Waals surface area contributed by atoms with E-state index >= 15 is 0 Å². The molecule has 3 rings (SSSR count). The predicted molar refractivity (Wildman–Crippen MR) is 108 cm³/mol. The largest absolute Gasteiger partial charge is 0.465 e. The van der Waals surface area contributed by atoms with Gasteiger partial charge in [-0.05, 0) is 56.3 Å². The van der Waals surface area contributed by atoms with Gasteiger partial charge in [-0.25, -0.2) is 0 Å². The minimum atomic E-state index is -4.04.